The molecule has 1 N–H and O–H groups in total. The normalized spacial score (nSPS) is 23.1. The molecule has 0 saturated carbocycles. The number of piperazine rings is 1. The van der Waals surface area contributed by atoms with E-state index in [1.54, 1.807) is 37.0 Å². The Bertz CT molecular complexity index is 493. The second-order valence-corrected chi connectivity index (χ2v) is 6.61. The van der Waals surface area contributed by atoms with Gasteiger partial charge in [0.1, 0.15) is 11.6 Å². The molecule has 98 valence electrons. The third-order valence-corrected chi connectivity index (χ3v) is 4.19. The summed E-state index contributed by atoms with van der Waals surface area (Å²) in [6.45, 7) is 7.79. The average Bonchev–Trinajstić information content (AvgIpc) is 2.67. The van der Waals surface area contributed by atoms with Crippen LogP contribution in [0.25, 0.3) is 0 Å². The molecule has 2 heterocycles. The van der Waals surface area contributed by atoms with Crippen LogP contribution < -0.4 is 5.32 Å². The summed E-state index contributed by atoms with van der Waals surface area (Å²) in [5, 5.41) is 2.75. The predicted octanol–water partition coefficient (Wildman–Crippen LogP) is 1.68. The van der Waals surface area contributed by atoms with Crippen molar-refractivity contribution in [2.75, 3.05) is 0 Å². The minimum atomic E-state index is -0.810. The Kier molecular flexibility index (Phi) is 3.19. The van der Waals surface area contributed by atoms with Crippen molar-refractivity contribution in [3.8, 4) is 0 Å². The van der Waals surface area contributed by atoms with Gasteiger partial charge in [-0.2, -0.15) is 0 Å². The second-order valence-electron chi connectivity index (χ2n) is 5.24. The fraction of sp³-hybridized carbons (Fsp3) is 0.538. The molecule has 0 aliphatic carbocycles. The lowest BCUT2D eigenvalue weighted by Crippen LogP contribution is -2.66. The second kappa shape index (κ2) is 4.39. The van der Waals surface area contributed by atoms with Gasteiger partial charge in [0.15, 0.2) is 0 Å². The van der Waals surface area contributed by atoms with Gasteiger partial charge in [0, 0.05) is 9.75 Å². The number of carbonyl (C=O) groups is 2. The summed E-state index contributed by atoms with van der Waals surface area (Å²) in [5.74, 6) is -0.117. The molecule has 2 rings (SSSR count). The van der Waals surface area contributed by atoms with Gasteiger partial charge in [-0.3, -0.25) is 9.59 Å². The summed E-state index contributed by atoms with van der Waals surface area (Å²) in [4.78, 5) is 28.2. The summed E-state index contributed by atoms with van der Waals surface area (Å²) in [6, 6.07) is 3.64. The van der Waals surface area contributed by atoms with E-state index in [4.69, 9.17) is 0 Å². The molecule has 4 nitrogen and oxygen atoms in total. The lowest BCUT2D eigenvalue weighted by Gasteiger charge is -2.41. The van der Waals surface area contributed by atoms with Crippen molar-refractivity contribution in [1.29, 1.82) is 0 Å². The molecule has 0 radical (unpaired) electrons. The lowest BCUT2D eigenvalue weighted by molar-refractivity contribution is -0.153. The third-order valence-electron chi connectivity index (χ3n) is 3.20. The smallest absolute Gasteiger partial charge is 0.248 e. The molecule has 1 aromatic rings. The first-order valence-electron chi connectivity index (χ1n) is 5.99. The summed E-state index contributed by atoms with van der Waals surface area (Å²) >= 11 is 1.66. The molecule has 0 bridgehead atoms. The van der Waals surface area contributed by atoms with E-state index in [2.05, 4.69) is 5.32 Å². The van der Waals surface area contributed by atoms with Crippen molar-refractivity contribution in [3.05, 3.63) is 21.9 Å². The van der Waals surface area contributed by atoms with E-state index in [9.17, 15) is 9.59 Å². The van der Waals surface area contributed by atoms with E-state index < -0.39 is 11.6 Å². The molecular weight excluding hydrogens is 248 g/mol. The maximum Gasteiger partial charge on any atom is 0.248 e. The van der Waals surface area contributed by atoms with E-state index >= 15 is 0 Å². The number of carbonyl (C=O) groups excluding carboxylic acids is 2. The van der Waals surface area contributed by atoms with Gasteiger partial charge in [-0.25, -0.2) is 0 Å². The number of hydrogen-bond acceptors (Lipinski definition) is 3. The Labute approximate surface area is 111 Å². The monoisotopic (exact) mass is 266 g/mol. The van der Waals surface area contributed by atoms with E-state index in [-0.39, 0.29) is 11.8 Å². The summed E-state index contributed by atoms with van der Waals surface area (Å²) in [5.41, 5.74) is -0.810. The van der Waals surface area contributed by atoms with Gasteiger partial charge in [0.25, 0.3) is 0 Å². The van der Waals surface area contributed by atoms with E-state index in [1.807, 2.05) is 19.1 Å². The topological polar surface area (TPSA) is 49.4 Å². The number of thiophene rings is 1. The zero-order valence-corrected chi connectivity index (χ0v) is 11.9. The van der Waals surface area contributed by atoms with Crippen LogP contribution in [0.15, 0.2) is 12.1 Å². The van der Waals surface area contributed by atoms with Crippen LogP contribution in [0.4, 0.5) is 0 Å². The Morgan fingerprint density at radius 1 is 1.39 bits per heavy atom. The quantitative estimate of drug-likeness (QED) is 0.885. The Morgan fingerprint density at radius 2 is 2.06 bits per heavy atom. The largest absolute Gasteiger partial charge is 0.340 e. The molecule has 1 aromatic heterocycles. The first-order chi connectivity index (χ1) is 8.31. The van der Waals surface area contributed by atoms with Crippen LogP contribution in [0.5, 0.6) is 0 Å². The molecule has 1 atom stereocenters. The van der Waals surface area contributed by atoms with Gasteiger partial charge in [0.2, 0.25) is 11.8 Å². The SMILES string of the molecule is Cc1ccc(CN2C(=O)C(C)(C)NC(=O)C2C)s1. The van der Waals surface area contributed by atoms with Gasteiger partial charge >= 0.3 is 0 Å². The summed E-state index contributed by atoms with van der Waals surface area (Å²) in [7, 11) is 0. The number of aryl methyl sites for hydroxylation is 1. The zero-order valence-electron chi connectivity index (χ0n) is 11.1. The molecule has 18 heavy (non-hydrogen) atoms. The molecule has 0 spiro atoms. The Morgan fingerprint density at radius 3 is 2.61 bits per heavy atom. The average molecular weight is 266 g/mol. The molecule has 1 aliphatic heterocycles. The maximum absolute atomic E-state index is 12.3. The summed E-state index contributed by atoms with van der Waals surface area (Å²) in [6.07, 6.45) is 0. The van der Waals surface area contributed by atoms with Crippen molar-refractivity contribution in [1.82, 2.24) is 10.2 Å². The highest BCUT2D eigenvalue weighted by atomic mass is 32.1. The first kappa shape index (κ1) is 13.1. The van der Waals surface area contributed by atoms with Crippen molar-refractivity contribution >= 4 is 23.2 Å². The lowest BCUT2D eigenvalue weighted by atomic mass is 9.97. The molecule has 1 fully saturated rings. The molecule has 0 aromatic carbocycles. The first-order valence-corrected chi connectivity index (χ1v) is 6.81. The Hall–Kier alpha value is -1.36. The van der Waals surface area contributed by atoms with Gasteiger partial charge in [-0.05, 0) is 39.8 Å². The number of rotatable bonds is 2. The van der Waals surface area contributed by atoms with Crippen molar-refractivity contribution in [2.45, 2.75) is 45.8 Å². The highest BCUT2D eigenvalue weighted by Gasteiger charge is 2.43. The highest BCUT2D eigenvalue weighted by Crippen LogP contribution is 2.23. The van der Waals surface area contributed by atoms with Gasteiger partial charge in [-0.15, -0.1) is 11.3 Å². The highest BCUT2D eigenvalue weighted by molar-refractivity contribution is 7.11. The summed E-state index contributed by atoms with van der Waals surface area (Å²) < 4.78 is 0. The van der Waals surface area contributed by atoms with Crippen LogP contribution in [0.3, 0.4) is 0 Å². The number of amides is 2. The van der Waals surface area contributed by atoms with Gasteiger partial charge < -0.3 is 10.2 Å². The van der Waals surface area contributed by atoms with Crippen molar-refractivity contribution < 1.29 is 9.59 Å². The Balaban J connectivity index is 2.23. The minimum absolute atomic E-state index is 0.0272. The van der Waals surface area contributed by atoms with E-state index in [1.165, 1.54) is 4.88 Å². The number of nitrogens with one attached hydrogen (secondary N) is 1. The van der Waals surface area contributed by atoms with E-state index in [0.717, 1.165) is 4.88 Å². The fourth-order valence-corrected chi connectivity index (χ4v) is 2.98. The van der Waals surface area contributed by atoms with Crippen LogP contribution in [0, 0.1) is 6.92 Å². The molecule has 2 amide bonds. The van der Waals surface area contributed by atoms with Gasteiger partial charge in [-0.1, -0.05) is 0 Å². The van der Waals surface area contributed by atoms with Crippen molar-refractivity contribution in [3.63, 3.8) is 0 Å². The maximum atomic E-state index is 12.3. The van der Waals surface area contributed by atoms with Gasteiger partial charge in [0.05, 0.1) is 6.54 Å². The third kappa shape index (κ3) is 2.27. The van der Waals surface area contributed by atoms with Crippen LogP contribution >= 0.6 is 11.3 Å². The number of hydrogen-bond donors (Lipinski definition) is 1. The van der Waals surface area contributed by atoms with Crippen LogP contribution in [0.2, 0.25) is 0 Å². The molecular formula is C13H18N2O2S. The molecule has 1 unspecified atom stereocenters. The predicted molar refractivity (Wildman–Crippen MR) is 71.3 cm³/mol. The van der Waals surface area contributed by atoms with E-state index in [0.29, 0.717) is 6.54 Å². The molecule has 5 heteroatoms. The zero-order chi connectivity index (χ0) is 13.5. The van der Waals surface area contributed by atoms with Crippen molar-refractivity contribution in [2.24, 2.45) is 0 Å². The molecule has 1 aliphatic rings. The van der Waals surface area contributed by atoms with Crippen LogP contribution in [-0.2, 0) is 16.1 Å². The standard InChI is InChI=1S/C13H18N2O2S/c1-8-5-6-10(18-8)7-15-9(2)11(16)14-13(3,4)12(15)17/h5-6,9H,7H2,1-4H3,(H,14,16). The molecule has 1 saturated heterocycles. The number of nitrogens with zero attached hydrogens (tertiary/aromatic N) is 1. The fourth-order valence-electron chi connectivity index (χ4n) is 2.09. The van der Waals surface area contributed by atoms with Crippen LogP contribution in [-0.4, -0.2) is 28.3 Å². The minimum Gasteiger partial charge on any atom is -0.340 e. The van der Waals surface area contributed by atoms with Crippen LogP contribution in [0.1, 0.15) is 30.5 Å².